The molecule has 8 heteroatoms. The molecule has 1 amide bonds. The first-order valence-corrected chi connectivity index (χ1v) is 7.91. The Bertz CT molecular complexity index is 458. The molecule has 0 spiro atoms. The van der Waals surface area contributed by atoms with E-state index in [4.69, 9.17) is 5.11 Å². The van der Waals surface area contributed by atoms with Gasteiger partial charge in [0.1, 0.15) is 0 Å². The minimum atomic E-state index is -0.896. The molecular formula is C11H15N3O3S2. The number of carboxylic acids is 1. The second-order valence-corrected chi connectivity index (χ2v) is 6.66. The summed E-state index contributed by atoms with van der Waals surface area (Å²) < 4.78 is 0.554. The summed E-state index contributed by atoms with van der Waals surface area (Å²) in [5.74, 6) is -0.483. The van der Waals surface area contributed by atoms with Crippen LogP contribution in [0.25, 0.3) is 0 Å². The van der Waals surface area contributed by atoms with E-state index in [2.05, 4.69) is 15.5 Å². The Morgan fingerprint density at radius 2 is 2.11 bits per heavy atom. The molecule has 1 aromatic heterocycles. The molecule has 0 aliphatic heterocycles. The normalized spacial score (nSPS) is 15.6. The predicted molar refractivity (Wildman–Crippen MR) is 73.5 cm³/mol. The van der Waals surface area contributed by atoms with Crippen molar-refractivity contribution in [1.82, 2.24) is 10.2 Å². The van der Waals surface area contributed by atoms with Crippen molar-refractivity contribution in [2.24, 2.45) is 5.92 Å². The first kappa shape index (κ1) is 14.3. The Hall–Kier alpha value is -1.15. The van der Waals surface area contributed by atoms with Gasteiger partial charge in [-0.25, -0.2) is 0 Å². The van der Waals surface area contributed by atoms with Gasteiger partial charge in [-0.3, -0.25) is 9.59 Å². The lowest BCUT2D eigenvalue weighted by molar-refractivity contribution is -0.133. The Balaban J connectivity index is 1.78. The zero-order valence-electron chi connectivity index (χ0n) is 10.3. The molecule has 6 nitrogen and oxygen atoms in total. The van der Waals surface area contributed by atoms with Crippen molar-refractivity contribution >= 4 is 40.1 Å². The summed E-state index contributed by atoms with van der Waals surface area (Å²) in [5, 5.41) is 19.4. The molecule has 19 heavy (non-hydrogen) atoms. The molecule has 1 saturated carbocycles. The fourth-order valence-electron chi connectivity index (χ4n) is 2.09. The molecule has 1 aliphatic carbocycles. The van der Waals surface area contributed by atoms with Gasteiger partial charge in [0.05, 0.1) is 5.75 Å². The second-order valence-electron chi connectivity index (χ2n) is 4.46. The minimum absolute atomic E-state index is 0.0298. The van der Waals surface area contributed by atoms with Gasteiger partial charge in [-0.1, -0.05) is 35.9 Å². The van der Waals surface area contributed by atoms with Crippen LogP contribution in [0.1, 0.15) is 32.1 Å². The molecule has 0 unspecified atom stereocenters. The number of hydrogen-bond acceptors (Lipinski definition) is 6. The monoisotopic (exact) mass is 301 g/mol. The molecule has 1 aromatic rings. The van der Waals surface area contributed by atoms with Gasteiger partial charge in [-0.2, -0.15) is 0 Å². The maximum absolute atomic E-state index is 11.8. The van der Waals surface area contributed by atoms with Crippen molar-refractivity contribution in [3.8, 4) is 0 Å². The van der Waals surface area contributed by atoms with Crippen molar-refractivity contribution in [3.05, 3.63) is 0 Å². The van der Waals surface area contributed by atoms with Gasteiger partial charge < -0.3 is 10.4 Å². The summed E-state index contributed by atoms with van der Waals surface area (Å²) in [6.07, 6.45) is 5.23. The summed E-state index contributed by atoms with van der Waals surface area (Å²) >= 11 is 2.31. The molecule has 104 valence electrons. The fourth-order valence-corrected chi connectivity index (χ4v) is 3.58. The van der Waals surface area contributed by atoms with Crippen molar-refractivity contribution in [3.63, 3.8) is 0 Å². The third-order valence-electron chi connectivity index (χ3n) is 2.92. The fraction of sp³-hybridized carbons (Fsp3) is 0.636. The van der Waals surface area contributed by atoms with Crippen LogP contribution in [0.5, 0.6) is 0 Å². The van der Waals surface area contributed by atoms with Crippen molar-refractivity contribution < 1.29 is 14.7 Å². The van der Waals surface area contributed by atoms with Crippen LogP contribution >= 0.6 is 23.1 Å². The highest BCUT2D eigenvalue weighted by Gasteiger charge is 2.19. The van der Waals surface area contributed by atoms with Crippen LogP contribution in [0, 0.1) is 5.92 Å². The van der Waals surface area contributed by atoms with Gasteiger partial charge in [0, 0.05) is 6.42 Å². The highest BCUT2D eigenvalue weighted by molar-refractivity contribution is 8.01. The topological polar surface area (TPSA) is 92.2 Å². The van der Waals surface area contributed by atoms with E-state index in [1.54, 1.807) is 0 Å². The van der Waals surface area contributed by atoms with Gasteiger partial charge >= 0.3 is 5.97 Å². The molecular weight excluding hydrogens is 286 g/mol. The predicted octanol–water partition coefficient (Wildman–Crippen LogP) is 2.23. The van der Waals surface area contributed by atoms with Crippen LogP contribution in [0.2, 0.25) is 0 Å². The van der Waals surface area contributed by atoms with Crippen LogP contribution in [0.3, 0.4) is 0 Å². The average Bonchev–Trinajstić information content (AvgIpc) is 2.98. The van der Waals surface area contributed by atoms with E-state index in [1.165, 1.54) is 24.2 Å². The Morgan fingerprint density at radius 1 is 1.37 bits per heavy atom. The maximum atomic E-state index is 11.8. The SMILES string of the molecule is O=C(O)CSc1nnc(NC(=O)CC2CCCC2)s1. The van der Waals surface area contributed by atoms with Crippen LogP contribution < -0.4 is 5.32 Å². The lowest BCUT2D eigenvalue weighted by atomic mass is 10.0. The molecule has 1 fully saturated rings. The number of rotatable bonds is 6. The van der Waals surface area contributed by atoms with Crippen LogP contribution in [0.15, 0.2) is 4.34 Å². The first-order valence-electron chi connectivity index (χ1n) is 6.11. The number of amides is 1. The second kappa shape index (κ2) is 6.85. The van der Waals surface area contributed by atoms with Crippen molar-refractivity contribution in [1.29, 1.82) is 0 Å². The molecule has 1 heterocycles. The lowest BCUT2D eigenvalue weighted by Gasteiger charge is -2.06. The van der Waals surface area contributed by atoms with Gasteiger partial charge in [0.2, 0.25) is 11.0 Å². The summed E-state index contributed by atoms with van der Waals surface area (Å²) in [7, 11) is 0. The number of nitrogens with zero attached hydrogens (tertiary/aromatic N) is 2. The van der Waals surface area contributed by atoms with E-state index in [9.17, 15) is 9.59 Å². The summed E-state index contributed by atoms with van der Waals surface area (Å²) in [4.78, 5) is 22.2. The summed E-state index contributed by atoms with van der Waals surface area (Å²) in [6.45, 7) is 0. The average molecular weight is 301 g/mol. The molecule has 1 aliphatic rings. The van der Waals surface area contributed by atoms with E-state index in [0.29, 0.717) is 21.8 Å². The van der Waals surface area contributed by atoms with Gasteiger partial charge in [-0.15, -0.1) is 10.2 Å². The Labute approximate surface area is 119 Å². The Morgan fingerprint density at radius 3 is 2.79 bits per heavy atom. The first-order chi connectivity index (χ1) is 9.13. The molecule has 0 aromatic carbocycles. The number of carbonyl (C=O) groups excluding carboxylic acids is 1. The molecule has 0 atom stereocenters. The molecule has 0 bridgehead atoms. The summed E-state index contributed by atoms with van der Waals surface area (Å²) in [5.41, 5.74) is 0. The molecule has 2 rings (SSSR count). The highest BCUT2D eigenvalue weighted by Crippen LogP contribution is 2.29. The molecule has 0 saturated heterocycles. The van der Waals surface area contributed by atoms with Crippen LogP contribution in [0.4, 0.5) is 5.13 Å². The van der Waals surface area contributed by atoms with E-state index in [-0.39, 0.29) is 11.7 Å². The van der Waals surface area contributed by atoms with E-state index < -0.39 is 5.97 Å². The standard InChI is InChI=1S/C11H15N3O3S2/c15-8(5-7-3-1-2-4-7)12-10-13-14-11(19-10)18-6-9(16)17/h7H,1-6H2,(H,16,17)(H,12,13,15). The maximum Gasteiger partial charge on any atom is 0.313 e. The largest absolute Gasteiger partial charge is 0.481 e. The van der Waals surface area contributed by atoms with Crippen LogP contribution in [-0.4, -0.2) is 32.9 Å². The van der Waals surface area contributed by atoms with Gasteiger partial charge in [-0.05, 0) is 18.8 Å². The van der Waals surface area contributed by atoms with Crippen molar-refractivity contribution in [2.75, 3.05) is 11.1 Å². The quantitative estimate of drug-likeness (QED) is 0.618. The number of aliphatic carboxylic acids is 1. The molecule has 0 radical (unpaired) electrons. The number of carboxylic acid groups (broad SMARTS) is 1. The number of nitrogens with one attached hydrogen (secondary N) is 1. The zero-order valence-corrected chi connectivity index (χ0v) is 11.9. The summed E-state index contributed by atoms with van der Waals surface area (Å²) in [6, 6.07) is 0. The molecule has 2 N–H and O–H groups in total. The minimum Gasteiger partial charge on any atom is -0.481 e. The third-order valence-corrected chi connectivity index (χ3v) is 4.88. The van der Waals surface area contributed by atoms with E-state index >= 15 is 0 Å². The van der Waals surface area contributed by atoms with E-state index in [1.807, 2.05) is 0 Å². The Kier molecular flexibility index (Phi) is 5.15. The third kappa shape index (κ3) is 4.79. The smallest absolute Gasteiger partial charge is 0.313 e. The highest BCUT2D eigenvalue weighted by atomic mass is 32.2. The number of carbonyl (C=O) groups is 2. The van der Waals surface area contributed by atoms with Gasteiger partial charge in [0.15, 0.2) is 4.34 Å². The lowest BCUT2D eigenvalue weighted by Crippen LogP contribution is -2.14. The number of thioether (sulfide) groups is 1. The number of aromatic nitrogens is 2. The van der Waals surface area contributed by atoms with Crippen molar-refractivity contribution in [2.45, 2.75) is 36.4 Å². The zero-order chi connectivity index (χ0) is 13.7. The van der Waals surface area contributed by atoms with Gasteiger partial charge in [0.25, 0.3) is 0 Å². The number of anilines is 1. The number of hydrogen-bond donors (Lipinski definition) is 2. The van der Waals surface area contributed by atoms with E-state index in [0.717, 1.165) is 24.6 Å². The van der Waals surface area contributed by atoms with Crippen LogP contribution in [-0.2, 0) is 9.59 Å².